The van der Waals surface area contributed by atoms with Crippen LogP contribution in [0.4, 0.5) is 0 Å². The molecule has 1 fully saturated rings. The molecule has 1 aromatic carbocycles. The van der Waals surface area contributed by atoms with Crippen molar-refractivity contribution in [2.24, 2.45) is 0 Å². The van der Waals surface area contributed by atoms with Gasteiger partial charge in [-0.25, -0.2) is 0 Å². The first-order valence-electron chi connectivity index (χ1n) is 6.54. The number of benzene rings is 1. The first-order valence-corrected chi connectivity index (χ1v) is 7.52. The van der Waals surface area contributed by atoms with Crippen molar-refractivity contribution in [2.45, 2.75) is 31.0 Å². The van der Waals surface area contributed by atoms with Crippen LogP contribution in [0, 0.1) is 6.92 Å². The lowest BCUT2D eigenvalue weighted by Gasteiger charge is -2.00. The normalized spacial score (nSPS) is 14.2. The summed E-state index contributed by atoms with van der Waals surface area (Å²) in [6, 6.07) is 8.22. The monoisotopic (exact) mass is 289 g/mol. The molecular weight excluding hydrogens is 274 g/mol. The average molecular weight is 289 g/mol. The Morgan fingerprint density at radius 1 is 1.40 bits per heavy atom. The number of carbonyl (C=O) groups excluding carboxylic acids is 1. The fourth-order valence-electron chi connectivity index (χ4n) is 1.81. The molecule has 1 aliphatic carbocycles. The number of aromatic nitrogens is 2. The van der Waals surface area contributed by atoms with Gasteiger partial charge in [0.15, 0.2) is 0 Å². The van der Waals surface area contributed by atoms with Gasteiger partial charge in [0.05, 0.1) is 5.75 Å². The molecule has 3 rings (SSSR count). The maximum atomic E-state index is 11.6. The number of hydrogen-bond donors (Lipinski definition) is 1. The molecule has 6 heteroatoms. The van der Waals surface area contributed by atoms with Gasteiger partial charge in [-0.1, -0.05) is 30.0 Å². The van der Waals surface area contributed by atoms with Crippen molar-refractivity contribution in [2.75, 3.05) is 5.75 Å². The Kier molecular flexibility index (Phi) is 3.73. The van der Waals surface area contributed by atoms with E-state index in [0.29, 0.717) is 22.9 Å². The predicted molar refractivity (Wildman–Crippen MR) is 76.4 cm³/mol. The number of amides is 1. The van der Waals surface area contributed by atoms with E-state index in [-0.39, 0.29) is 5.91 Å². The van der Waals surface area contributed by atoms with E-state index < -0.39 is 0 Å². The molecule has 1 aliphatic rings. The zero-order chi connectivity index (χ0) is 13.9. The van der Waals surface area contributed by atoms with Crippen LogP contribution in [0.3, 0.4) is 0 Å². The number of nitrogens with one attached hydrogen (secondary N) is 1. The summed E-state index contributed by atoms with van der Waals surface area (Å²) in [6.45, 7) is 2.00. The van der Waals surface area contributed by atoms with E-state index in [4.69, 9.17) is 4.42 Å². The van der Waals surface area contributed by atoms with E-state index in [1.165, 1.54) is 11.8 Å². The van der Waals surface area contributed by atoms with Crippen LogP contribution in [-0.2, 0) is 4.79 Å². The van der Waals surface area contributed by atoms with Crippen molar-refractivity contribution >= 4 is 17.7 Å². The number of hydrogen-bond acceptors (Lipinski definition) is 5. The van der Waals surface area contributed by atoms with E-state index >= 15 is 0 Å². The second kappa shape index (κ2) is 5.66. The highest BCUT2D eigenvalue weighted by molar-refractivity contribution is 7.99. The molecule has 1 heterocycles. The van der Waals surface area contributed by atoms with Crippen LogP contribution >= 0.6 is 11.8 Å². The van der Waals surface area contributed by atoms with Crippen molar-refractivity contribution in [3.8, 4) is 11.5 Å². The van der Waals surface area contributed by atoms with Crippen LogP contribution in [0.25, 0.3) is 11.5 Å². The van der Waals surface area contributed by atoms with Gasteiger partial charge in [0.1, 0.15) is 0 Å². The van der Waals surface area contributed by atoms with Gasteiger partial charge in [0, 0.05) is 11.6 Å². The third-order valence-corrected chi connectivity index (χ3v) is 3.87. The maximum absolute atomic E-state index is 11.6. The highest BCUT2D eigenvalue weighted by atomic mass is 32.2. The molecule has 0 saturated heterocycles. The summed E-state index contributed by atoms with van der Waals surface area (Å²) < 4.78 is 5.58. The van der Waals surface area contributed by atoms with Gasteiger partial charge in [-0.2, -0.15) is 0 Å². The second-order valence-corrected chi connectivity index (χ2v) is 5.75. The molecule has 0 spiro atoms. The SMILES string of the molecule is Cc1ccccc1-c1nnc(SCC(=O)NC2CC2)o1. The molecule has 104 valence electrons. The van der Waals surface area contributed by atoms with Gasteiger partial charge in [0.25, 0.3) is 5.22 Å². The Balaban J connectivity index is 1.61. The van der Waals surface area contributed by atoms with Crippen molar-refractivity contribution in [1.82, 2.24) is 15.5 Å². The van der Waals surface area contributed by atoms with Crippen LogP contribution in [0.2, 0.25) is 0 Å². The summed E-state index contributed by atoms with van der Waals surface area (Å²) in [5.74, 6) is 0.827. The van der Waals surface area contributed by atoms with E-state index in [0.717, 1.165) is 24.0 Å². The average Bonchev–Trinajstić information content (AvgIpc) is 3.12. The fraction of sp³-hybridized carbons (Fsp3) is 0.357. The second-order valence-electron chi connectivity index (χ2n) is 4.82. The largest absolute Gasteiger partial charge is 0.411 e. The summed E-state index contributed by atoms with van der Waals surface area (Å²) in [5, 5.41) is 11.3. The summed E-state index contributed by atoms with van der Waals surface area (Å²) >= 11 is 1.27. The Morgan fingerprint density at radius 3 is 2.95 bits per heavy atom. The zero-order valence-corrected chi connectivity index (χ0v) is 11.9. The molecule has 0 atom stereocenters. The standard InChI is InChI=1S/C14H15N3O2S/c1-9-4-2-3-5-11(9)13-16-17-14(19-13)20-8-12(18)15-10-6-7-10/h2-5,10H,6-8H2,1H3,(H,15,18). The van der Waals surface area contributed by atoms with Gasteiger partial charge in [0.2, 0.25) is 11.8 Å². The fourth-order valence-corrected chi connectivity index (χ4v) is 2.39. The molecule has 0 unspecified atom stereocenters. The first-order chi connectivity index (χ1) is 9.72. The van der Waals surface area contributed by atoms with Crippen LogP contribution in [0.1, 0.15) is 18.4 Å². The molecule has 1 saturated carbocycles. The molecule has 0 bridgehead atoms. The van der Waals surface area contributed by atoms with Crippen LogP contribution in [-0.4, -0.2) is 27.9 Å². The summed E-state index contributed by atoms with van der Waals surface area (Å²) in [7, 11) is 0. The minimum Gasteiger partial charge on any atom is -0.411 e. The highest BCUT2D eigenvalue weighted by Gasteiger charge is 2.23. The van der Waals surface area contributed by atoms with Crippen LogP contribution in [0.15, 0.2) is 33.9 Å². The lowest BCUT2D eigenvalue weighted by atomic mass is 10.1. The molecular formula is C14H15N3O2S. The molecule has 20 heavy (non-hydrogen) atoms. The quantitative estimate of drug-likeness (QED) is 0.856. The van der Waals surface area contributed by atoms with Crippen LogP contribution in [0.5, 0.6) is 0 Å². The summed E-state index contributed by atoms with van der Waals surface area (Å²) in [4.78, 5) is 11.6. The minimum atomic E-state index is 0.0214. The van der Waals surface area contributed by atoms with Gasteiger partial charge in [-0.05, 0) is 31.4 Å². The van der Waals surface area contributed by atoms with Crippen molar-refractivity contribution in [3.05, 3.63) is 29.8 Å². The van der Waals surface area contributed by atoms with Gasteiger partial charge in [-0.3, -0.25) is 4.79 Å². The molecule has 0 radical (unpaired) electrons. The number of carbonyl (C=O) groups is 1. The van der Waals surface area contributed by atoms with Gasteiger partial charge >= 0.3 is 0 Å². The van der Waals surface area contributed by atoms with Crippen molar-refractivity contribution in [1.29, 1.82) is 0 Å². The highest BCUT2D eigenvalue weighted by Crippen LogP contribution is 2.25. The third-order valence-electron chi connectivity index (χ3n) is 3.05. The van der Waals surface area contributed by atoms with Gasteiger partial charge in [-0.15, -0.1) is 10.2 Å². The molecule has 1 aromatic heterocycles. The number of aryl methyl sites for hydroxylation is 1. The topological polar surface area (TPSA) is 68.0 Å². The van der Waals surface area contributed by atoms with E-state index in [2.05, 4.69) is 15.5 Å². The van der Waals surface area contributed by atoms with Gasteiger partial charge < -0.3 is 9.73 Å². The Bertz CT molecular complexity index is 622. The lowest BCUT2D eigenvalue weighted by molar-refractivity contribution is -0.118. The van der Waals surface area contributed by atoms with E-state index in [1.54, 1.807) is 0 Å². The Labute approximate surface area is 121 Å². The molecule has 1 amide bonds. The Hall–Kier alpha value is -1.82. The number of thioether (sulfide) groups is 1. The van der Waals surface area contributed by atoms with Crippen LogP contribution < -0.4 is 5.32 Å². The summed E-state index contributed by atoms with van der Waals surface area (Å²) in [5.41, 5.74) is 2.01. The summed E-state index contributed by atoms with van der Waals surface area (Å²) in [6.07, 6.45) is 2.18. The minimum absolute atomic E-state index is 0.0214. The van der Waals surface area contributed by atoms with Crippen molar-refractivity contribution in [3.63, 3.8) is 0 Å². The first kappa shape index (κ1) is 13.2. The van der Waals surface area contributed by atoms with Crippen molar-refractivity contribution < 1.29 is 9.21 Å². The number of nitrogens with zero attached hydrogens (tertiary/aromatic N) is 2. The lowest BCUT2D eigenvalue weighted by Crippen LogP contribution is -2.26. The molecule has 1 N–H and O–H groups in total. The van der Waals surface area contributed by atoms with E-state index in [9.17, 15) is 4.79 Å². The number of rotatable bonds is 5. The molecule has 5 nitrogen and oxygen atoms in total. The zero-order valence-electron chi connectivity index (χ0n) is 11.1. The molecule has 2 aromatic rings. The Morgan fingerprint density at radius 2 is 2.20 bits per heavy atom. The predicted octanol–water partition coefficient (Wildman–Crippen LogP) is 2.42. The molecule has 0 aliphatic heterocycles. The maximum Gasteiger partial charge on any atom is 0.277 e. The third kappa shape index (κ3) is 3.19. The smallest absolute Gasteiger partial charge is 0.277 e. The van der Waals surface area contributed by atoms with E-state index in [1.807, 2.05) is 31.2 Å².